The number of carbonyl (C=O) groups is 2. The van der Waals surface area contributed by atoms with E-state index in [0.717, 1.165) is 17.5 Å². The van der Waals surface area contributed by atoms with E-state index in [1.807, 2.05) is 6.92 Å². The third-order valence-corrected chi connectivity index (χ3v) is 3.52. The van der Waals surface area contributed by atoms with Crippen LogP contribution in [0.5, 0.6) is 0 Å². The Morgan fingerprint density at radius 3 is 2.63 bits per heavy atom. The van der Waals surface area contributed by atoms with Gasteiger partial charge in [-0.05, 0) is 31.1 Å². The molecule has 1 heterocycles. The molecule has 0 aliphatic rings. The first kappa shape index (κ1) is 15.4. The van der Waals surface area contributed by atoms with E-state index in [1.54, 1.807) is 17.0 Å². The summed E-state index contributed by atoms with van der Waals surface area (Å²) >= 11 is 1.31. The Labute approximate surface area is 117 Å². The molecular formula is C14H19NO3S. The molecule has 1 aromatic heterocycles. The first-order chi connectivity index (χ1) is 8.93. The zero-order valence-electron chi connectivity index (χ0n) is 11.4. The molecule has 0 fully saturated rings. The summed E-state index contributed by atoms with van der Waals surface area (Å²) in [6.45, 7) is 7.51. The van der Waals surface area contributed by atoms with E-state index in [2.05, 4.69) is 13.8 Å². The van der Waals surface area contributed by atoms with Gasteiger partial charge >= 0.3 is 5.97 Å². The summed E-state index contributed by atoms with van der Waals surface area (Å²) in [5.74, 6) is -0.553. The summed E-state index contributed by atoms with van der Waals surface area (Å²) in [4.78, 5) is 25.9. The second-order valence-electron chi connectivity index (χ2n) is 4.61. The fourth-order valence-corrected chi connectivity index (χ4v) is 2.54. The molecule has 19 heavy (non-hydrogen) atoms. The van der Waals surface area contributed by atoms with E-state index >= 15 is 0 Å². The highest BCUT2D eigenvalue weighted by Crippen LogP contribution is 2.20. The van der Waals surface area contributed by atoms with Gasteiger partial charge in [-0.25, -0.2) is 4.79 Å². The number of rotatable bonds is 6. The number of hydrogen-bond acceptors (Lipinski definition) is 3. The van der Waals surface area contributed by atoms with Gasteiger partial charge in [-0.2, -0.15) is 0 Å². The molecular weight excluding hydrogens is 262 g/mol. The first-order valence-corrected chi connectivity index (χ1v) is 7.05. The highest BCUT2D eigenvalue weighted by molar-refractivity contribution is 7.14. The highest BCUT2D eigenvalue weighted by atomic mass is 32.1. The molecule has 0 atom stereocenters. The van der Waals surface area contributed by atoms with Gasteiger partial charge in [-0.1, -0.05) is 13.8 Å². The fraction of sp³-hybridized carbons (Fsp3) is 0.429. The van der Waals surface area contributed by atoms with Crippen molar-refractivity contribution in [2.24, 2.45) is 5.92 Å². The Hall–Kier alpha value is -1.62. The van der Waals surface area contributed by atoms with E-state index in [1.165, 1.54) is 17.4 Å². The van der Waals surface area contributed by atoms with E-state index in [-0.39, 0.29) is 5.91 Å². The Morgan fingerprint density at radius 2 is 2.11 bits per heavy atom. The molecule has 0 bridgehead atoms. The van der Waals surface area contributed by atoms with Crippen LogP contribution in [0.15, 0.2) is 18.2 Å². The van der Waals surface area contributed by atoms with Crippen LogP contribution in [0.2, 0.25) is 0 Å². The predicted molar refractivity (Wildman–Crippen MR) is 77.4 cm³/mol. The molecule has 0 saturated carbocycles. The Morgan fingerprint density at radius 1 is 1.42 bits per heavy atom. The largest absolute Gasteiger partial charge is 0.478 e. The molecule has 5 heteroatoms. The van der Waals surface area contributed by atoms with E-state index < -0.39 is 5.97 Å². The maximum Gasteiger partial charge on any atom is 0.328 e. The highest BCUT2D eigenvalue weighted by Gasteiger charge is 2.16. The fourth-order valence-electron chi connectivity index (χ4n) is 1.66. The summed E-state index contributed by atoms with van der Waals surface area (Å²) < 4.78 is 0. The lowest BCUT2D eigenvalue weighted by Crippen LogP contribution is -2.33. The summed E-state index contributed by atoms with van der Waals surface area (Å²) in [6.07, 6.45) is 2.58. The minimum atomic E-state index is -0.990. The molecule has 0 spiro atoms. The number of nitrogens with zero attached hydrogens (tertiary/aromatic N) is 1. The molecule has 0 aliphatic carbocycles. The minimum absolute atomic E-state index is 0.0103. The number of amides is 1. The third-order valence-electron chi connectivity index (χ3n) is 2.48. The SMILES string of the molecule is CCN(CC(C)C)C(=O)c1ccc(/C=C/C(=O)O)s1. The van der Waals surface area contributed by atoms with Crippen molar-refractivity contribution < 1.29 is 14.7 Å². The second kappa shape index (κ2) is 7.09. The van der Waals surface area contributed by atoms with Crippen LogP contribution in [0.1, 0.15) is 35.3 Å². The van der Waals surface area contributed by atoms with E-state index in [4.69, 9.17) is 5.11 Å². The van der Waals surface area contributed by atoms with Gasteiger partial charge in [-0.15, -0.1) is 11.3 Å². The van der Waals surface area contributed by atoms with Crippen LogP contribution in [0, 0.1) is 5.92 Å². The monoisotopic (exact) mass is 281 g/mol. The number of aliphatic carboxylic acids is 1. The van der Waals surface area contributed by atoms with E-state index in [9.17, 15) is 9.59 Å². The molecule has 0 unspecified atom stereocenters. The molecule has 0 saturated heterocycles. The zero-order chi connectivity index (χ0) is 14.4. The maximum absolute atomic E-state index is 12.3. The average molecular weight is 281 g/mol. The van der Waals surface area contributed by atoms with Crippen LogP contribution in [0.4, 0.5) is 0 Å². The van der Waals surface area contributed by atoms with Crippen LogP contribution in [0.3, 0.4) is 0 Å². The van der Waals surface area contributed by atoms with Gasteiger partial charge in [0.25, 0.3) is 5.91 Å². The Balaban J connectivity index is 2.79. The normalized spacial score (nSPS) is 11.2. The molecule has 1 N–H and O–H groups in total. The third kappa shape index (κ3) is 4.87. The number of hydrogen-bond donors (Lipinski definition) is 1. The molecule has 0 aliphatic heterocycles. The van der Waals surface area contributed by atoms with Crippen molar-refractivity contribution in [1.82, 2.24) is 4.90 Å². The standard InChI is InChI=1S/C14H19NO3S/c1-4-15(9-10(2)3)14(18)12-7-5-11(19-12)6-8-13(16)17/h5-8,10H,4,9H2,1-3H3,(H,16,17)/b8-6+. The lowest BCUT2D eigenvalue weighted by atomic mass is 10.2. The molecule has 4 nitrogen and oxygen atoms in total. The van der Waals surface area contributed by atoms with Crippen molar-refractivity contribution in [3.63, 3.8) is 0 Å². The summed E-state index contributed by atoms with van der Waals surface area (Å²) in [7, 11) is 0. The first-order valence-electron chi connectivity index (χ1n) is 6.24. The Bertz CT molecular complexity index is 477. The van der Waals surface area contributed by atoms with Gasteiger partial charge in [0.15, 0.2) is 0 Å². The average Bonchev–Trinajstić information content (AvgIpc) is 2.81. The van der Waals surface area contributed by atoms with Crippen molar-refractivity contribution in [2.75, 3.05) is 13.1 Å². The van der Waals surface area contributed by atoms with Crippen molar-refractivity contribution in [2.45, 2.75) is 20.8 Å². The van der Waals surface area contributed by atoms with Crippen molar-refractivity contribution in [3.8, 4) is 0 Å². The summed E-state index contributed by atoms with van der Waals surface area (Å²) in [6, 6.07) is 3.51. The number of carboxylic acids is 1. The molecule has 104 valence electrons. The van der Waals surface area contributed by atoms with Gasteiger partial charge in [0.1, 0.15) is 0 Å². The Kier molecular flexibility index (Phi) is 5.76. The smallest absolute Gasteiger partial charge is 0.328 e. The quantitative estimate of drug-likeness (QED) is 0.816. The number of carbonyl (C=O) groups excluding carboxylic acids is 1. The zero-order valence-corrected chi connectivity index (χ0v) is 12.2. The molecule has 1 amide bonds. The molecule has 1 rings (SSSR count). The van der Waals surface area contributed by atoms with Crippen LogP contribution in [0.25, 0.3) is 6.08 Å². The van der Waals surface area contributed by atoms with Gasteiger partial charge in [0, 0.05) is 24.0 Å². The summed E-state index contributed by atoms with van der Waals surface area (Å²) in [5.41, 5.74) is 0. The van der Waals surface area contributed by atoms with E-state index in [0.29, 0.717) is 17.3 Å². The minimum Gasteiger partial charge on any atom is -0.478 e. The molecule has 0 aromatic carbocycles. The number of carboxylic acid groups (broad SMARTS) is 1. The van der Waals surface area contributed by atoms with Crippen molar-refractivity contribution in [3.05, 3.63) is 28.0 Å². The van der Waals surface area contributed by atoms with Crippen molar-refractivity contribution in [1.29, 1.82) is 0 Å². The van der Waals surface area contributed by atoms with Crippen LogP contribution < -0.4 is 0 Å². The van der Waals surface area contributed by atoms with Crippen LogP contribution in [-0.4, -0.2) is 35.0 Å². The second-order valence-corrected chi connectivity index (χ2v) is 5.73. The van der Waals surface area contributed by atoms with Gasteiger partial charge in [-0.3, -0.25) is 4.79 Å². The van der Waals surface area contributed by atoms with Gasteiger partial charge in [0.2, 0.25) is 0 Å². The summed E-state index contributed by atoms with van der Waals surface area (Å²) in [5, 5.41) is 8.56. The van der Waals surface area contributed by atoms with Gasteiger partial charge in [0.05, 0.1) is 4.88 Å². The maximum atomic E-state index is 12.3. The van der Waals surface area contributed by atoms with Crippen molar-refractivity contribution >= 4 is 29.3 Å². The molecule has 0 radical (unpaired) electrons. The topological polar surface area (TPSA) is 57.6 Å². The molecule has 1 aromatic rings. The number of thiophene rings is 1. The van der Waals surface area contributed by atoms with Crippen LogP contribution in [-0.2, 0) is 4.79 Å². The lowest BCUT2D eigenvalue weighted by Gasteiger charge is -2.22. The van der Waals surface area contributed by atoms with Gasteiger partial charge < -0.3 is 10.0 Å². The lowest BCUT2D eigenvalue weighted by molar-refractivity contribution is -0.131. The van der Waals surface area contributed by atoms with Crippen LogP contribution >= 0.6 is 11.3 Å². The predicted octanol–water partition coefficient (Wildman–Crippen LogP) is 2.96.